The van der Waals surface area contributed by atoms with Crippen LogP contribution in [0.2, 0.25) is 0 Å². The van der Waals surface area contributed by atoms with Gasteiger partial charge < -0.3 is 2.85 Å². The molecule has 0 atom stereocenters. The van der Waals surface area contributed by atoms with Gasteiger partial charge in [-0.25, -0.2) is 0 Å². The zero-order valence-corrected chi connectivity index (χ0v) is 10.5. The Hall–Kier alpha value is 3.22. The summed E-state index contributed by atoms with van der Waals surface area (Å²) in [6.07, 6.45) is 0. The minimum atomic E-state index is 0. The Bertz CT molecular complexity index is 27.2. The molecule has 0 heterocycles. The van der Waals surface area contributed by atoms with E-state index in [0.717, 1.165) is 0 Å². The molecule has 0 aliphatic rings. The Morgan fingerprint density at radius 3 is 0.875 bits per heavy atom. The zero-order valence-electron chi connectivity index (χ0n) is 6.20. The van der Waals surface area contributed by atoms with Crippen molar-refractivity contribution in [2.75, 3.05) is 0 Å². The molecule has 0 aliphatic heterocycles. The summed E-state index contributed by atoms with van der Waals surface area (Å²) >= 11 is 3.38. The van der Waals surface area contributed by atoms with Crippen molar-refractivity contribution in [2.45, 2.75) is 0 Å². The minimum absolute atomic E-state index is 0. The van der Waals surface area contributed by atoms with Gasteiger partial charge in [-0.15, -0.1) is 0 Å². The van der Waals surface area contributed by atoms with Crippen LogP contribution in [0.25, 0.3) is 0 Å². The molecular formula is H2LiMn2NaNi2O2. The summed E-state index contributed by atoms with van der Waals surface area (Å²) in [5, 5.41) is 0. The summed E-state index contributed by atoms with van der Waals surface area (Å²) in [4.78, 5) is 0. The molecule has 0 aromatic heterocycles. The Morgan fingerprint density at radius 1 is 0.875 bits per heavy atom. The summed E-state index contributed by atoms with van der Waals surface area (Å²) in [5.41, 5.74) is 0. The van der Waals surface area contributed by atoms with Gasteiger partial charge in [-0.1, -0.05) is 0 Å². The van der Waals surface area contributed by atoms with Crippen LogP contribution < -0.4 is 48.4 Å². The third-order valence-corrected chi connectivity index (χ3v) is 0. The molecule has 0 radical (unpaired) electrons. The summed E-state index contributed by atoms with van der Waals surface area (Å²) in [6, 6.07) is 0. The third kappa shape index (κ3) is 60.0. The molecule has 0 unspecified atom stereocenters. The van der Waals surface area contributed by atoms with Crippen LogP contribution in [-0.4, -0.2) is 0 Å². The molecule has 0 aromatic rings. The van der Waals surface area contributed by atoms with E-state index in [2.05, 4.69) is 0 Å². The number of hydrogen-bond donors (Lipinski definition) is 0. The van der Waals surface area contributed by atoms with Gasteiger partial charge in [-0.3, -0.25) is 0 Å². The molecule has 0 spiro atoms. The van der Waals surface area contributed by atoms with E-state index in [-0.39, 0.29) is 84.3 Å². The summed E-state index contributed by atoms with van der Waals surface area (Å²) in [5.74, 6) is 0. The van der Waals surface area contributed by atoms with Crippen LogP contribution in [0.5, 0.6) is 0 Å². The van der Waals surface area contributed by atoms with Gasteiger partial charge in [-0.2, -0.15) is 0 Å². The van der Waals surface area contributed by atoms with Crippen molar-refractivity contribution >= 4 is 0 Å². The van der Waals surface area contributed by atoms with Crippen LogP contribution in [-0.2, 0) is 72.5 Å². The van der Waals surface area contributed by atoms with Gasteiger partial charge in [0.15, 0.2) is 0 Å². The van der Waals surface area contributed by atoms with Gasteiger partial charge in [0.1, 0.15) is 0 Å². The molecule has 0 aliphatic carbocycles. The molecule has 0 N–H and O–H groups in total. The van der Waals surface area contributed by atoms with Crippen molar-refractivity contribution < 1.29 is 124 Å². The molecule has 0 rings (SSSR count). The number of hydrogen-bond acceptors (Lipinski definition) is 2. The predicted molar refractivity (Wildman–Crippen MR) is 3.60 cm³/mol. The van der Waals surface area contributed by atoms with Crippen molar-refractivity contribution in [3.63, 3.8) is 0 Å². The van der Waals surface area contributed by atoms with E-state index < -0.39 is 0 Å². The molecule has 0 amide bonds. The Kier molecular flexibility index (Phi) is 450. The first-order valence-corrected chi connectivity index (χ1v) is 1.27. The van der Waals surface area contributed by atoms with Gasteiger partial charge in [0.2, 0.25) is 0 Å². The second kappa shape index (κ2) is 83.7. The van der Waals surface area contributed by atoms with Crippen molar-refractivity contribution in [3.05, 3.63) is 0 Å². The van der Waals surface area contributed by atoms with Gasteiger partial charge in [0, 0.05) is 33.0 Å². The maximum absolute atomic E-state index is 8.06. The van der Waals surface area contributed by atoms with E-state index in [1.54, 1.807) is 31.9 Å². The predicted octanol–water partition coefficient (Wildman–Crippen LogP) is -6.01. The third-order valence-electron chi connectivity index (χ3n) is 0. The first-order chi connectivity index (χ1) is 2.00. The van der Waals surface area contributed by atoms with Crippen LogP contribution in [0.15, 0.2) is 0 Å². The second-order valence-corrected chi connectivity index (χ2v) is 0. The van der Waals surface area contributed by atoms with E-state index in [1.807, 2.05) is 0 Å². The second-order valence-electron chi connectivity index (χ2n) is 0. The zero-order chi connectivity index (χ0) is 4.00. The molecule has 0 aromatic carbocycles. The van der Waals surface area contributed by atoms with E-state index in [1.165, 1.54) is 0 Å². The molecule has 8 heavy (non-hydrogen) atoms. The van der Waals surface area contributed by atoms with Crippen LogP contribution in [0.4, 0.5) is 0 Å². The van der Waals surface area contributed by atoms with Crippen molar-refractivity contribution in [3.8, 4) is 0 Å². The molecule has 2 nitrogen and oxygen atoms in total. The standard InChI is InChI=1S/Li.2Mn.Na.2Ni.2O.2H/q+1;;;+1;;;;;2*-1. The topological polar surface area (TPSA) is 34.1 Å². The van der Waals surface area contributed by atoms with Crippen molar-refractivity contribution in [1.29, 1.82) is 0 Å². The molecule has 0 fully saturated rings. The molecule has 50 valence electrons. The average Bonchev–Trinajstić information content (AvgIpc) is 1.50. The fourth-order valence-electron chi connectivity index (χ4n) is 0. The monoisotopic (exact) mass is 290 g/mol. The number of rotatable bonds is 0. The Morgan fingerprint density at radius 2 is 0.875 bits per heavy atom. The van der Waals surface area contributed by atoms with E-state index in [9.17, 15) is 0 Å². The van der Waals surface area contributed by atoms with Crippen molar-refractivity contribution in [2.24, 2.45) is 0 Å². The Balaban J connectivity index is -0.000000000833. The van der Waals surface area contributed by atoms with Crippen LogP contribution >= 0.6 is 0 Å². The Labute approximate surface area is 122 Å². The van der Waals surface area contributed by atoms with Crippen LogP contribution in [0.3, 0.4) is 0 Å². The molecule has 0 saturated heterocycles. The van der Waals surface area contributed by atoms with Gasteiger partial charge in [0.25, 0.3) is 0 Å². The quantitative estimate of drug-likeness (QED) is 0.417. The van der Waals surface area contributed by atoms with Crippen LogP contribution in [0, 0.1) is 0 Å². The fraction of sp³-hybridized carbons (Fsp3) is 0. The van der Waals surface area contributed by atoms with Gasteiger partial charge in [0.05, 0.1) is 0 Å². The van der Waals surface area contributed by atoms with E-state index in [4.69, 9.17) is 7.67 Å². The summed E-state index contributed by atoms with van der Waals surface area (Å²) < 4.78 is 16.1. The average molecular weight is 291 g/mol. The first-order valence-electron chi connectivity index (χ1n) is 0.309. The van der Waals surface area contributed by atoms with E-state index >= 15 is 0 Å². The normalized spacial score (nSPS) is 1.00. The molecule has 8 heteroatoms. The first kappa shape index (κ1) is 43.0. The van der Waals surface area contributed by atoms with Crippen molar-refractivity contribution in [1.82, 2.24) is 0 Å². The molecule has 0 bridgehead atoms. The summed E-state index contributed by atoms with van der Waals surface area (Å²) in [7, 11) is 0. The molecule has 0 saturated carbocycles. The molecular weight excluding hydrogens is 289 g/mol. The van der Waals surface area contributed by atoms with E-state index in [0.29, 0.717) is 0 Å². The fourth-order valence-corrected chi connectivity index (χ4v) is 0. The SMILES string of the molecule is [H-].[H-].[Li+].[Na+].[Ni].[Ni].[O]=[Mn].[O]=[Mn]. The van der Waals surface area contributed by atoms with Crippen LogP contribution in [0.1, 0.15) is 2.85 Å². The maximum atomic E-state index is 8.06. The van der Waals surface area contributed by atoms with Gasteiger partial charge >= 0.3 is 88.0 Å². The van der Waals surface area contributed by atoms with Gasteiger partial charge in [-0.05, 0) is 0 Å². The summed E-state index contributed by atoms with van der Waals surface area (Å²) in [6.45, 7) is 0.